The maximum absolute atomic E-state index is 12.4. The van der Waals surface area contributed by atoms with Gasteiger partial charge in [-0.1, -0.05) is 6.07 Å². The number of nitrogens with one attached hydrogen (secondary N) is 1. The Hall–Kier alpha value is -4.39. The molecule has 0 aliphatic heterocycles. The van der Waals surface area contributed by atoms with Gasteiger partial charge in [-0.2, -0.15) is 5.10 Å². The predicted octanol–water partition coefficient (Wildman–Crippen LogP) is 5.12. The summed E-state index contributed by atoms with van der Waals surface area (Å²) in [6.45, 7) is 5.89. The van der Waals surface area contributed by atoms with E-state index in [1.54, 1.807) is 36.4 Å². The molecule has 0 aliphatic rings. The van der Waals surface area contributed by atoms with Crippen LogP contribution in [-0.2, 0) is 0 Å². The minimum absolute atomic E-state index is 0.221. The predicted molar refractivity (Wildman–Crippen MR) is 126 cm³/mol. The number of hydrogen-bond acceptors (Lipinski definition) is 4. The van der Waals surface area contributed by atoms with Crippen LogP contribution >= 0.6 is 0 Å². The van der Waals surface area contributed by atoms with Crippen molar-refractivity contribution in [3.05, 3.63) is 101 Å². The van der Waals surface area contributed by atoms with E-state index in [1.165, 1.54) is 12.3 Å². The van der Waals surface area contributed by atoms with Gasteiger partial charge in [0.05, 0.1) is 11.8 Å². The zero-order chi connectivity index (χ0) is 23.5. The second-order valence-corrected chi connectivity index (χ2v) is 7.73. The van der Waals surface area contributed by atoms with Crippen molar-refractivity contribution >= 4 is 18.1 Å². The van der Waals surface area contributed by atoms with Gasteiger partial charge in [-0.15, -0.1) is 0 Å². The Morgan fingerprint density at radius 1 is 0.909 bits per heavy atom. The number of aromatic nitrogens is 1. The lowest BCUT2D eigenvalue weighted by atomic mass is 10.0. The second kappa shape index (κ2) is 9.00. The Balaban J connectivity index is 1.41. The van der Waals surface area contributed by atoms with Crippen molar-refractivity contribution in [1.82, 2.24) is 9.99 Å². The maximum Gasteiger partial charge on any atom is 0.335 e. The molecule has 4 aromatic rings. The Bertz CT molecular complexity index is 1340. The summed E-state index contributed by atoms with van der Waals surface area (Å²) in [6, 6.07) is 19.8. The molecule has 0 bridgehead atoms. The van der Waals surface area contributed by atoms with Crippen molar-refractivity contribution in [3.8, 4) is 17.0 Å². The van der Waals surface area contributed by atoms with Crippen molar-refractivity contribution < 1.29 is 19.1 Å². The highest BCUT2D eigenvalue weighted by Crippen LogP contribution is 2.26. The Labute approximate surface area is 191 Å². The van der Waals surface area contributed by atoms with E-state index in [0.717, 1.165) is 28.2 Å². The smallest absolute Gasteiger partial charge is 0.335 e. The summed E-state index contributed by atoms with van der Waals surface area (Å²) in [5, 5.41) is 13.1. The van der Waals surface area contributed by atoms with Crippen molar-refractivity contribution in [2.75, 3.05) is 0 Å². The van der Waals surface area contributed by atoms with Gasteiger partial charge >= 0.3 is 5.97 Å². The number of nitrogens with zero attached hydrogens (tertiary/aromatic N) is 2. The zero-order valence-electron chi connectivity index (χ0n) is 18.5. The fourth-order valence-corrected chi connectivity index (χ4v) is 3.70. The molecule has 0 radical (unpaired) electrons. The number of carbonyl (C=O) groups is 2. The van der Waals surface area contributed by atoms with Crippen molar-refractivity contribution in [2.24, 2.45) is 5.10 Å². The molecule has 33 heavy (non-hydrogen) atoms. The first-order valence-electron chi connectivity index (χ1n) is 10.4. The van der Waals surface area contributed by atoms with Crippen LogP contribution < -0.4 is 5.43 Å². The highest BCUT2D eigenvalue weighted by Gasteiger charge is 2.11. The third-order valence-electron chi connectivity index (χ3n) is 5.38. The molecule has 4 rings (SSSR count). The van der Waals surface area contributed by atoms with Gasteiger partial charge in [-0.25, -0.2) is 10.2 Å². The van der Waals surface area contributed by atoms with Crippen LogP contribution in [0.15, 0.2) is 76.2 Å². The second-order valence-electron chi connectivity index (χ2n) is 7.73. The Kier molecular flexibility index (Phi) is 5.95. The first-order chi connectivity index (χ1) is 15.8. The molecule has 0 spiro atoms. The quantitative estimate of drug-likeness (QED) is 0.320. The number of amides is 1. The minimum atomic E-state index is -0.975. The largest absolute Gasteiger partial charge is 0.478 e. The number of furan rings is 1. The number of hydrogen-bond donors (Lipinski definition) is 2. The molecule has 2 aromatic heterocycles. The van der Waals surface area contributed by atoms with Crippen LogP contribution in [0, 0.1) is 20.8 Å². The molecule has 7 nitrogen and oxygen atoms in total. The zero-order valence-corrected chi connectivity index (χ0v) is 18.5. The SMILES string of the molecule is Cc1cc(C(=O)O)ccc1-c1ccc(/C=N\NC(=O)c2ccc(-n3c(C)ccc3C)cc2)o1. The molecule has 0 unspecified atom stereocenters. The fourth-order valence-electron chi connectivity index (χ4n) is 3.70. The van der Waals surface area contributed by atoms with Gasteiger partial charge < -0.3 is 14.1 Å². The van der Waals surface area contributed by atoms with E-state index < -0.39 is 5.97 Å². The van der Waals surface area contributed by atoms with Crippen LogP contribution in [0.5, 0.6) is 0 Å². The Morgan fingerprint density at radius 3 is 2.21 bits per heavy atom. The number of carbonyl (C=O) groups excluding carboxylic acids is 1. The van der Waals surface area contributed by atoms with E-state index in [0.29, 0.717) is 17.1 Å². The van der Waals surface area contributed by atoms with Crippen molar-refractivity contribution in [3.63, 3.8) is 0 Å². The average Bonchev–Trinajstić information content (AvgIpc) is 3.39. The van der Waals surface area contributed by atoms with Gasteiger partial charge in [0.15, 0.2) is 0 Å². The molecular weight excluding hydrogens is 418 g/mol. The summed E-state index contributed by atoms with van der Waals surface area (Å²) in [4.78, 5) is 23.5. The first-order valence-corrected chi connectivity index (χ1v) is 10.4. The summed E-state index contributed by atoms with van der Waals surface area (Å²) >= 11 is 0. The molecule has 0 fully saturated rings. The number of benzene rings is 2. The summed E-state index contributed by atoms with van der Waals surface area (Å²) in [5.41, 5.74) is 8.03. The number of aryl methyl sites for hydroxylation is 3. The molecule has 0 saturated carbocycles. The third kappa shape index (κ3) is 4.62. The molecular formula is C26H23N3O4. The van der Waals surface area contributed by atoms with Gasteiger partial charge in [0.1, 0.15) is 11.5 Å². The summed E-state index contributed by atoms with van der Waals surface area (Å²) in [6.07, 6.45) is 1.42. The number of aromatic carboxylic acids is 1. The lowest BCUT2D eigenvalue weighted by Crippen LogP contribution is -2.17. The molecule has 0 atom stereocenters. The van der Waals surface area contributed by atoms with Gasteiger partial charge in [0, 0.05) is 28.2 Å². The van der Waals surface area contributed by atoms with Crippen molar-refractivity contribution in [1.29, 1.82) is 0 Å². The standard InChI is InChI=1S/C26H23N3O4/c1-16-14-20(26(31)32)8-12-23(16)24-13-11-22(33-24)15-27-28-25(30)19-6-9-21(10-7-19)29-17(2)4-5-18(29)3/h4-15H,1-3H3,(H,28,30)(H,31,32)/b27-15-. The molecule has 2 N–H and O–H groups in total. The molecule has 0 saturated heterocycles. The summed E-state index contributed by atoms with van der Waals surface area (Å²) in [5.74, 6) is -0.257. The topological polar surface area (TPSA) is 96.8 Å². The third-order valence-corrected chi connectivity index (χ3v) is 5.38. The number of hydrazone groups is 1. The number of rotatable bonds is 6. The van der Waals surface area contributed by atoms with Gasteiger partial charge in [0.25, 0.3) is 5.91 Å². The number of carboxylic acids is 1. The fraction of sp³-hybridized carbons (Fsp3) is 0.115. The van der Waals surface area contributed by atoms with Crippen LogP contribution in [0.3, 0.4) is 0 Å². The van der Waals surface area contributed by atoms with E-state index in [1.807, 2.05) is 32.9 Å². The Morgan fingerprint density at radius 2 is 1.58 bits per heavy atom. The van der Waals surface area contributed by atoms with Crippen LogP contribution in [0.2, 0.25) is 0 Å². The van der Waals surface area contributed by atoms with Crippen LogP contribution in [0.25, 0.3) is 17.0 Å². The van der Waals surface area contributed by atoms with Gasteiger partial charge in [-0.05, 0) is 87.0 Å². The lowest BCUT2D eigenvalue weighted by molar-refractivity contribution is 0.0696. The average molecular weight is 441 g/mol. The minimum Gasteiger partial charge on any atom is -0.478 e. The van der Waals surface area contributed by atoms with Gasteiger partial charge in [0.2, 0.25) is 0 Å². The van der Waals surface area contributed by atoms with Gasteiger partial charge in [-0.3, -0.25) is 4.79 Å². The van der Waals surface area contributed by atoms with Crippen molar-refractivity contribution in [2.45, 2.75) is 20.8 Å². The molecule has 1 amide bonds. The molecule has 0 aliphatic carbocycles. The number of carboxylic acid groups (broad SMARTS) is 1. The van der Waals surface area contributed by atoms with E-state index in [2.05, 4.69) is 27.2 Å². The summed E-state index contributed by atoms with van der Waals surface area (Å²) in [7, 11) is 0. The molecule has 7 heteroatoms. The highest BCUT2D eigenvalue weighted by atomic mass is 16.4. The monoisotopic (exact) mass is 441 g/mol. The highest BCUT2D eigenvalue weighted by molar-refractivity contribution is 5.95. The van der Waals surface area contributed by atoms with E-state index in [4.69, 9.17) is 9.52 Å². The molecule has 166 valence electrons. The lowest BCUT2D eigenvalue weighted by Gasteiger charge is -2.09. The van der Waals surface area contributed by atoms with E-state index in [-0.39, 0.29) is 11.5 Å². The molecule has 2 heterocycles. The normalized spacial score (nSPS) is 11.1. The van der Waals surface area contributed by atoms with Crippen LogP contribution in [-0.4, -0.2) is 27.8 Å². The summed E-state index contributed by atoms with van der Waals surface area (Å²) < 4.78 is 7.88. The van der Waals surface area contributed by atoms with E-state index in [9.17, 15) is 9.59 Å². The van der Waals surface area contributed by atoms with E-state index >= 15 is 0 Å². The van der Waals surface area contributed by atoms with Crippen LogP contribution in [0.1, 0.15) is 43.4 Å². The maximum atomic E-state index is 12.4. The molecule has 2 aromatic carbocycles. The first kappa shape index (κ1) is 21.8. The van der Waals surface area contributed by atoms with Crippen LogP contribution in [0.4, 0.5) is 0 Å².